The summed E-state index contributed by atoms with van der Waals surface area (Å²) in [6, 6.07) is 0. The lowest BCUT2D eigenvalue weighted by Crippen LogP contribution is -2.52. The van der Waals surface area contributed by atoms with Gasteiger partial charge in [-0.15, -0.1) is 0 Å². The Hall–Kier alpha value is -0.770. The van der Waals surface area contributed by atoms with Gasteiger partial charge in [0.05, 0.1) is 18.6 Å². The van der Waals surface area contributed by atoms with Crippen LogP contribution in [0.2, 0.25) is 0 Å². The van der Waals surface area contributed by atoms with Gasteiger partial charge in [-0.25, -0.2) is 0 Å². The minimum absolute atomic E-state index is 0.136. The van der Waals surface area contributed by atoms with E-state index < -0.39 is 49.0 Å². The van der Waals surface area contributed by atoms with E-state index in [9.17, 15) is 35.4 Å². The summed E-state index contributed by atoms with van der Waals surface area (Å²) in [5.41, 5.74) is 0. The van der Waals surface area contributed by atoms with Crippen molar-refractivity contribution >= 4 is 5.97 Å². The monoisotopic (exact) mass is 464 g/mol. The van der Waals surface area contributed by atoms with Crippen molar-refractivity contribution in [2.24, 2.45) is 5.92 Å². The van der Waals surface area contributed by atoms with Crippen LogP contribution in [-0.2, 0) is 4.79 Å². The summed E-state index contributed by atoms with van der Waals surface area (Å²) >= 11 is 0. The quantitative estimate of drug-likeness (QED) is 0.120. The molecule has 0 spiro atoms. The van der Waals surface area contributed by atoms with Gasteiger partial charge in [-0.1, -0.05) is 96.8 Å². The van der Waals surface area contributed by atoms with E-state index in [0.29, 0.717) is 6.42 Å². The lowest BCUT2D eigenvalue weighted by atomic mass is 9.88. The predicted molar refractivity (Wildman–Crippen MR) is 123 cm³/mol. The van der Waals surface area contributed by atoms with Crippen molar-refractivity contribution in [2.45, 2.75) is 134 Å². The zero-order chi connectivity index (χ0) is 24.4. The molecule has 0 aliphatic rings. The van der Waals surface area contributed by atoms with Crippen molar-refractivity contribution in [3.8, 4) is 0 Å². The lowest BCUT2D eigenvalue weighted by Gasteiger charge is -2.31. The molecule has 2 unspecified atom stereocenters. The summed E-state index contributed by atoms with van der Waals surface area (Å²) in [5.74, 6) is -2.59. The summed E-state index contributed by atoms with van der Waals surface area (Å²) < 4.78 is 0. The van der Waals surface area contributed by atoms with Gasteiger partial charge in [-0.2, -0.15) is 0 Å². The SMILES string of the molecule is CCCCCCCCCCCCCCCCC(C(=O)O)C(O)[C@@H](O)[C@@H](O)[C@H](O)[C@H](O)CO. The highest BCUT2D eigenvalue weighted by Crippen LogP contribution is 2.21. The van der Waals surface area contributed by atoms with Gasteiger partial charge in [0, 0.05) is 0 Å². The lowest BCUT2D eigenvalue weighted by molar-refractivity contribution is -0.165. The fraction of sp³-hybridized carbons (Fsp3) is 0.958. The molecule has 0 rings (SSSR count). The summed E-state index contributed by atoms with van der Waals surface area (Å²) in [5, 5.41) is 67.2. The summed E-state index contributed by atoms with van der Waals surface area (Å²) in [4.78, 5) is 11.5. The van der Waals surface area contributed by atoms with Gasteiger partial charge in [-0.05, 0) is 6.42 Å². The number of carbonyl (C=O) groups is 1. The van der Waals surface area contributed by atoms with Crippen molar-refractivity contribution in [3.63, 3.8) is 0 Å². The molecule has 0 aliphatic heterocycles. The van der Waals surface area contributed by atoms with Crippen LogP contribution >= 0.6 is 0 Å². The molecule has 0 aromatic heterocycles. The maximum Gasteiger partial charge on any atom is 0.309 e. The van der Waals surface area contributed by atoms with E-state index in [0.717, 1.165) is 25.7 Å². The largest absolute Gasteiger partial charge is 0.481 e. The van der Waals surface area contributed by atoms with Crippen molar-refractivity contribution in [2.75, 3.05) is 6.61 Å². The number of rotatable bonds is 22. The van der Waals surface area contributed by atoms with E-state index in [-0.39, 0.29) is 6.42 Å². The first kappa shape index (κ1) is 31.2. The van der Waals surface area contributed by atoms with E-state index in [1.54, 1.807) is 0 Å². The molecule has 0 aliphatic carbocycles. The van der Waals surface area contributed by atoms with Gasteiger partial charge in [0.1, 0.15) is 24.4 Å². The second-order valence-corrected chi connectivity index (χ2v) is 9.04. The topological polar surface area (TPSA) is 159 Å². The molecule has 6 atom stereocenters. The van der Waals surface area contributed by atoms with Crippen molar-refractivity contribution in [3.05, 3.63) is 0 Å². The van der Waals surface area contributed by atoms with Crippen LogP contribution in [0.4, 0.5) is 0 Å². The highest BCUT2D eigenvalue weighted by Gasteiger charge is 2.39. The summed E-state index contributed by atoms with van der Waals surface area (Å²) in [6.07, 6.45) is 7.15. The van der Waals surface area contributed by atoms with Crippen LogP contribution in [0.25, 0.3) is 0 Å². The molecule has 8 heteroatoms. The number of aliphatic hydroxyl groups excluding tert-OH is 6. The summed E-state index contributed by atoms with van der Waals surface area (Å²) in [7, 11) is 0. The third-order valence-electron chi connectivity index (χ3n) is 6.23. The Balaban J connectivity index is 3.99. The molecule has 8 nitrogen and oxygen atoms in total. The van der Waals surface area contributed by atoms with Crippen molar-refractivity contribution in [1.82, 2.24) is 0 Å². The number of hydrogen-bond acceptors (Lipinski definition) is 7. The maximum absolute atomic E-state index is 11.5. The number of hydrogen-bond donors (Lipinski definition) is 7. The Morgan fingerprint density at radius 3 is 1.34 bits per heavy atom. The molecule has 7 N–H and O–H groups in total. The molecule has 192 valence electrons. The minimum Gasteiger partial charge on any atom is -0.481 e. The van der Waals surface area contributed by atoms with E-state index in [4.69, 9.17) is 5.11 Å². The Labute approximate surface area is 193 Å². The zero-order valence-electron chi connectivity index (χ0n) is 19.8. The molecule has 0 fully saturated rings. The van der Waals surface area contributed by atoms with E-state index >= 15 is 0 Å². The number of carboxylic acid groups (broad SMARTS) is 1. The van der Waals surface area contributed by atoms with Crippen LogP contribution in [0, 0.1) is 5.92 Å². The molecule has 0 bridgehead atoms. The minimum atomic E-state index is -1.98. The van der Waals surface area contributed by atoms with Crippen LogP contribution in [0.15, 0.2) is 0 Å². The first-order chi connectivity index (χ1) is 15.3. The van der Waals surface area contributed by atoms with E-state index in [1.807, 2.05) is 0 Å². The highest BCUT2D eigenvalue weighted by molar-refractivity contribution is 5.70. The van der Waals surface area contributed by atoms with Crippen LogP contribution < -0.4 is 0 Å². The average molecular weight is 465 g/mol. The van der Waals surface area contributed by atoms with Gasteiger partial charge >= 0.3 is 5.97 Å². The van der Waals surface area contributed by atoms with E-state index in [1.165, 1.54) is 57.8 Å². The third-order valence-corrected chi connectivity index (χ3v) is 6.23. The molecular weight excluding hydrogens is 416 g/mol. The first-order valence-electron chi connectivity index (χ1n) is 12.5. The highest BCUT2D eigenvalue weighted by atomic mass is 16.4. The summed E-state index contributed by atoms with van der Waals surface area (Å²) in [6.45, 7) is 1.38. The third kappa shape index (κ3) is 13.7. The second kappa shape index (κ2) is 19.7. The molecule has 0 saturated carbocycles. The van der Waals surface area contributed by atoms with Gasteiger partial charge in [0.25, 0.3) is 0 Å². The fourth-order valence-corrected chi connectivity index (χ4v) is 3.98. The van der Waals surface area contributed by atoms with Gasteiger partial charge in [0.2, 0.25) is 0 Å². The Morgan fingerprint density at radius 2 is 0.969 bits per heavy atom. The first-order valence-corrected chi connectivity index (χ1v) is 12.5. The van der Waals surface area contributed by atoms with Crippen LogP contribution in [0.5, 0.6) is 0 Å². The van der Waals surface area contributed by atoms with Gasteiger partial charge in [0.15, 0.2) is 0 Å². The van der Waals surface area contributed by atoms with Crippen molar-refractivity contribution in [1.29, 1.82) is 0 Å². The average Bonchev–Trinajstić information content (AvgIpc) is 2.78. The Morgan fingerprint density at radius 1 is 0.594 bits per heavy atom. The van der Waals surface area contributed by atoms with E-state index in [2.05, 4.69) is 6.92 Å². The van der Waals surface area contributed by atoms with Crippen LogP contribution in [0.3, 0.4) is 0 Å². The molecule has 32 heavy (non-hydrogen) atoms. The Bertz CT molecular complexity index is 448. The van der Waals surface area contributed by atoms with Gasteiger partial charge in [-0.3, -0.25) is 4.79 Å². The van der Waals surface area contributed by atoms with Crippen LogP contribution in [0.1, 0.15) is 103 Å². The molecule has 0 amide bonds. The second-order valence-electron chi connectivity index (χ2n) is 9.04. The predicted octanol–water partition coefficient (Wildman–Crippen LogP) is 2.36. The number of unbranched alkanes of at least 4 members (excludes halogenated alkanes) is 13. The van der Waals surface area contributed by atoms with Gasteiger partial charge < -0.3 is 35.7 Å². The standard InChI is InChI=1S/C24H48O8/c1-2-3-4-5-6-7-8-9-10-11-12-13-14-15-16-18(24(31)32)20(27)22(29)23(30)21(28)19(26)17-25/h18-23,25-30H,2-17H2,1H3,(H,31,32)/t18?,19-,20?,21-,22-,23+/m1/s1. The normalized spacial score (nSPS) is 17.5. The molecule has 0 radical (unpaired) electrons. The van der Waals surface area contributed by atoms with Crippen molar-refractivity contribution < 1.29 is 40.5 Å². The molecular formula is C24H48O8. The maximum atomic E-state index is 11.5. The van der Waals surface area contributed by atoms with Crippen LogP contribution in [-0.4, -0.2) is 78.8 Å². The number of aliphatic carboxylic acids is 1. The molecule has 0 aromatic carbocycles. The molecule has 0 aromatic rings. The fourth-order valence-electron chi connectivity index (χ4n) is 3.98. The molecule has 0 heterocycles. The Kier molecular flexibility index (Phi) is 19.2. The number of carboxylic acids is 1. The zero-order valence-corrected chi connectivity index (χ0v) is 19.8. The molecule has 0 saturated heterocycles. The smallest absolute Gasteiger partial charge is 0.309 e. The number of aliphatic hydroxyl groups is 6.